The fourth-order valence-corrected chi connectivity index (χ4v) is 4.53. The van der Waals surface area contributed by atoms with Gasteiger partial charge in [-0.1, -0.05) is 26.0 Å². The third-order valence-electron chi connectivity index (χ3n) is 5.84. The van der Waals surface area contributed by atoms with Crippen molar-refractivity contribution < 1.29 is 19.1 Å². The van der Waals surface area contributed by atoms with Crippen molar-refractivity contribution in [2.75, 3.05) is 58.3 Å². The van der Waals surface area contributed by atoms with Crippen molar-refractivity contribution in [3.05, 3.63) is 52.4 Å². The molecule has 1 aromatic carbocycles. The predicted molar refractivity (Wildman–Crippen MR) is 135 cm³/mol. The van der Waals surface area contributed by atoms with Gasteiger partial charge in [-0.3, -0.25) is 19.3 Å². The van der Waals surface area contributed by atoms with E-state index in [2.05, 4.69) is 24.5 Å². The topological polar surface area (TPSA) is 91.0 Å². The molecule has 1 fully saturated rings. The minimum absolute atomic E-state index is 0.0138. The summed E-state index contributed by atoms with van der Waals surface area (Å²) in [5.74, 6) is 0.0537. The average molecular weight is 487 g/mol. The van der Waals surface area contributed by atoms with Crippen LogP contribution in [0, 0.1) is 0 Å². The van der Waals surface area contributed by atoms with Gasteiger partial charge >= 0.3 is 0 Å². The molecule has 34 heavy (non-hydrogen) atoms. The number of carbonyl (C=O) groups excluding carboxylic acids is 3. The molecule has 2 heterocycles. The van der Waals surface area contributed by atoms with E-state index < -0.39 is 0 Å². The van der Waals surface area contributed by atoms with Gasteiger partial charge in [0.25, 0.3) is 11.8 Å². The Balaban J connectivity index is 1.50. The van der Waals surface area contributed by atoms with Crippen LogP contribution in [0.25, 0.3) is 0 Å². The summed E-state index contributed by atoms with van der Waals surface area (Å²) in [6, 6.07) is 9.29. The average Bonchev–Trinajstić information content (AvgIpc) is 3.30. The SMILES string of the molecule is COCCCNC(=O)CN1CCN(C(=O)c2ccsc2NC(=O)c2ccc(C(C)C)cc2)CC1. The number of anilines is 1. The van der Waals surface area contributed by atoms with E-state index in [0.717, 1.165) is 6.42 Å². The van der Waals surface area contributed by atoms with E-state index in [9.17, 15) is 14.4 Å². The van der Waals surface area contributed by atoms with Gasteiger partial charge in [-0.25, -0.2) is 0 Å². The maximum absolute atomic E-state index is 13.1. The van der Waals surface area contributed by atoms with Crippen LogP contribution in [0.1, 0.15) is 52.5 Å². The zero-order valence-corrected chi connectivity index (χ0v) is 21.0. The van der Waals surface area contributed by atoms with Gasteiger partial charge < -0.3 is 20.3 Å². The van der Waals surface area contributed by atoms with Gasteiger partial charge in [-0.05, 0) is 41.5 Å². The summed E-state index contributed by atoms with van der Waals surface area (Å²) in [7, 11) is 1.64. The number of nitrogens with zero attached hydrogens (tertiary/aromatic N) is 2. The molecule has 2 N–H and O–H groups in total. The second-order valence-corrected chi connectivity index (χ2v) is 9.58. The highest BCUT2D eigenvalue weighted by Crippen LogP contribution is 2.26. The number of methoxy groups -OCH3 is 1. The second kappa shape index (κ2) is 12.6. The number of thiophene rings is 1. The summed E-state index contributed by atoms with van der Waals surface area (Å²) in [6.45, 7) is 8.09. The van der Waals surface area contributed by atoms with Crippen LogP contribution in [-0.4, -0.2) is 80.5 Å². The lowest BCUT2D eigenvalue weighted by Gasteiger charge is -2.34. The van der Waals surface area contributed by atoms with E-state index in [1.54, 1.807) is 18.1 Å². The van der Waals surface area contributed by atoms with Crippen LogP contribution in [0.5, 0.6) is 0 Å². The summed E-state index contributed by atoms with van der Waals surface area (Å²) in [6.07, 6.45) is 0.785. The second-order valence-electron chi connectivity index (χ2n) is 8.66. The van der Waals surface area contributed by atoms with Crippen LogP contribution < -0.4 is 10.6 Å². The molecule has 0 aliphatic carbocycles. The van der Waals surface area contributed by atoms with Gasteiger partial charge in [-0.2, -0.15) is 0 Å². The molecule has 0 saturated carbocycles. The van der Waals surface area contributed by atoms with Crippen molar-refractivity contribution in [3.63, 3.8) is 0 Å². The number of benzene rings is 1. The zero-order chi connectivity index (χ0) is 24.5. The van der Waals surface area contributed by atoms with Crippen molar-refractivity contribution in [2.45, 2.75) is 26.2 Å². The number of piperazine rings is 1. The van der Waals surface area contributed by atoms with Crippen LogP contribution in [0.3, 0.4) is 0 Å². The number of rotatable bonds is 10. The van der Waals surface area contributed by atoms with Crippen molar-refractivity contribution in [3.8, 4) is 0 Å². The van der Waals surface area contributed by atoms with Gasteiger partial charge in [0.05, 0.1) is 12.1 Å². The van der Waals surface area contributed by atoms with E-state index in [0.29, 0.717) is 67.9 Å². The normalized spacial score (nSPS) is 14.3. The summed E-state index contributed by atoms with van der Waals surface area (Å²) in [5.41, 5.74) is 2.23. The molecule has 1 aromatic heterocycles. The molecule has 1 aliphatic heterocycles. The largest absolute Gasteiger partial charge is 0.385 e. The van der Waals surface area contributed by atoms with E-state index >= 15 is 0 Å². The van der Waals surface area contributed by atoms with Crippen molar-refractivity contribution in [2.24, 2.45) is 0 Å². The fraction of sp³-hybridized carbons (Fsp3) is 0.480. The molecule has 0 atom stereocenters. The molecule has 1 aliphatic rings. The Hall–Kier alpha value is -2.75. The van der Waals surface area contributed by atoms with Gasteiger partial charge in [0, 0.05) is 52.0 Å². The number of carbonyl (C=O) groups is 3. The summed E-state index contributed by atoms with van der Waals surface area (Å²) in [5, 5.41) is 8.16. The van der Waals surface area contributed by atoms with Crippen LogP contribution in [0.15, 0.2) is 35.7 Å². The molecule has 0 radical (unpaired) electrons. The number of amides is 3. The first-order chi connectivity index (χ1) is 16.4. The minimum Gasteiger partial charge on any atom is -0.385 e. The molecule has 0 unspecified atom stereocenters. The Bertz CT molecular complexity index is 966. The van der Waals surface area contributed by atoms with E-state index in [4.69, 9.17) is 4.74 Å². The quantitative estimate of drug-likeness (QED) is 0.504. The summed E-state index contributed by atoms with van der Waals surface area (Å²) in [4.78, 5) is 41.8. The third-order valence-corrected chi connectivity index (χ3v) is 6.67. The van der Waals surface area contributed by atoms with Crippen molar-refractivity contribution >= 4 is 34.1 Å². The summed E-state index contributed by atoms with van der Waals surface area (Å²) < 4.78 is 4.98. The van der Waals surface area contributed by atoms with Gasteiger partial charge in [-0.15, -0.1) is 11.3 Å². The molecule has 3 amide bonds. The number of ether oxygens (including phenoxy) is 1. The van der Waals surface area contributed by atoms with Crippen LogP contribution in [-0.2, 0) is 9.53 Å². The number of hydrogen-bond donors (Lipinski definition) is 2. The monoisotopic (exact) mass is 486 g/mol. The standard InChI is InChI=1S/C25H34N4O4S/c1-18(2)19-5-7-20(8-6-19)23(31)27-24-21(9-16-34-24)25(32)29-13-11-28(12-14-29)17-22(30)26-10-4-15-33-3/h5-9,16,18H,4,10-15,17H2,1-3H3,(H,26,30)(H,27,31). The lowest BCUT2D eigenvalue weighted by Crippen LogP contribution is -2.51. The van der Waals surface area contributed by atoms with Gasteiger partial charge in [0.15, 0.2) is 0 Å². The molecule has 9 heteroatoms. The number of hydrogen-bond acceptors (Lipinski definition) is 6. The van der Waals surface area contributed by atoms with Crippen LogP contribution in [0.2, 0.25) is 0 Å². The fourth-order valence-electron chi connectivity index (χ4n) is 3.75. The molecule has 0 bridgehead atoms. The highest BCUT2D eigenvalue weighted by atomic mass is 32.1. The Morgan fingerprint density at radius 3 is 2.41 bits per heavy atom. The lowest BCUT2D eigenvalue weighted by atomic mass is 10.0. The molecule has 1 saturated heterocycles. The van der Waals surface area contributed by atoms with E-state index in [1.165, 1.54) is 16.9 Å². The van der Waals surface area contributed by atoms with Crippen LogP contribution >= 0.6 is 11.3 Å². The molecule has 184 valence electrons. The Morgan fingerprint density at radius 2 is 1.76 bits per heavy atom. The molecule has 2 aromatic rings. The van der Waals surface area contributed by atoms with Crippen molar-refractivity contribution in [1.82, 2.24) is 15.1 Å². The predicted octanol–water partition coefficient (Wildman–Crippen LogP) is 3.03. The minimum atomic E-state index is -0.229. The molecule has 0 spiro atoms. The molecule has 3 rings (SSSR count). The first-order valence-corrected chi connectivity index (χ1v) is 12.5. The van der Waals surface area contributed by atoms with Crippen LogP contribution in [0.4, 0.5) is 5.00 Å². The lowest BCUT2D eigenvalue weighted by molar-refractivity contribution is -0.122. The molecular formula is C25H34N4O4S. The highest BCUT2D eigenvalue weighted by Gasteiger charge is 2.26. The smallest absolute Gasteiger partial charge is 0.256 e. The zero-order valence-electron chi connectivity index (χ0n) is 20.1. The van der Waals surface area contributed by atoms with E-state index in [1.807, 2.05) is 34.5 Å². The van der Waals surface area contributed by atoms with E-state index in [-0.39, 0.29) is 17.7 Å². The maximum Gasteiger partial charge on any atom is 0.256 e. The van der Waals surface area contributed by atoms with Gasteiger partial charge in [0.1, 0.15) is 5.00 Å². The Morgan fingerprint density at radius 1 is 1.06 bits per heavy atom. The molecular weight excluding hydrogens is 452 g/mol. The number of nitrogens with one attached hydrogen (secondary N) is 2. The van der Waals surface area contributed by atoms with Gasteiger partial charge in [0.2, 0.25) is 5.91 Å². The summed E-state index contributed by atoms with van der Waals surface area (Å²) >= 11 is 1.34. The maximum atomic E-state index is 13.1. The Labute approximate surface area is 205 Å². The first kappa shape index (κ1) is 25.9. The highest BCUT2D eigenvalue weighted by molar-refractivity contribution is 7.14. The molecule has 8 nitrogen and oxygen atoms in total. The Kier molecular flexibility index (Phi) is 9.62. The third kappa shape index (κ3) is 7.12. The first-order valence-electron chi connectivity index (χ1n) is 11.6. The van der Waals surface area contributed by atoms with Crippen molar-refractivity contribution in [1.29, 1.82) is 0 Å².